The average Bonchev–Trinajstić information content (AvgIpc) is 3.04. The van der Waals surface area contributed by atoms with E-state index in [1.807, 2.05) is 29.2 Å². The first-order chi connectivity index (χ1) is 11.1. The number of carbonyl (C=O) groups is 1. The maximum atomic E-state index is 12.5. The molecule has 1 saturated heterocycles. The standard InChI is InChI=1S/C19H21ClN2O/c1-14-4-6-15(7-5-14)13-21-19(23)22-12-2-3-18(22)16-8-10-17(20)11-9-16/h4-11,18H,2-3,12-13H2,1H3,(H,21,23)/t18-/m1/s1. The fourth-order valence-electron chi connectivity index (χ4n) is 3.03. The first kappa shape index (κ1) is 15.9. The highest BCUT2D eigenvalue weighted by Crippen LogP contribution is 2.32. The first-order valence-electron chi connectivity index (χ1n) is 7.99. The van der Waals surface area contributed by atoms with Crippen molar-refractivity contribution in [1.29, 1.82) is 0 Å². The average molecular weight is 329 g/mol. The van der Waals surface area contributed by atoms with Crippen LogP contribution in [0.3, 0.4) is 0 Å². The van der Waals surface area contributed by atoms with Crippen LogP contribution >= 0.6 is 11.6 Å². The SMILES string of the molecule is Cc1ccc(CNC(=O)N2CCC[C@@H]2c2ccc(Cl)cc2)cc1. The van der Waals surface area contributed by atoms with E-state index in [1.165, 1.54) is 5.56 Å². The number of urea groups is 1. The van der Waals surface area contributed by atoms with Crippen molar-refractivity contribution in [2.45, 2.75) is 32.4 Å². The number of nitrogens with one attached hydrogen (secondary N) is 1. The molecule has 3 rings (SSSR count). The van der Waals surface area contributed by atoms with Gasteiger partial charge in [-0.3, -0.25) is 0 Å². The van der Waals surface area contributed by atoms with Crippen molar-refractivity contribution in [2.75, 3.05) is 6.54 Å². The van der Waals surface area contributed by atoms with Gasteiger partial charge in [-0.05, 0) is 43.0 Å². The van der Waals surface area contributed by atoms with Crippen LogP contribution in [-0.4, -0.2) is 17.5 Å². The summed E-state index contributed by atoms with van der Waals surface area (Å²) in [6, 6.07) is 16.2. The zero-order chi connectivity index (χ0) is 16.2. The summed E-state index contributed by atoms with van der Waals surface area (Å²) >= 11 is 5.95. The van der Waals surface area contributed by atoms with Crippen LogP contribution in [0.1, 0.15) is 35.6 Å². The molecule has 1 aliphatic heterocycles. The van der Waals surface area contributed by atoms with Gasteiger partial charge >= 0.3 is 6.03 Å². The Kier molecular flexibility index (Phi) is 4.87. The second-order valence-electron chi connectivity index (χ2n) is 6.05. The molecule has 4 heteroatoms. The molecule has 2 aromatic carbocycles. The maximum Gasteiger partial charge on any atom is 0.318 e. The molecule has 0 spiro atoms. The van der Waals surface area contributed by atoms with Gasteiger partial charge in [-0.25, -0.2) is 4.79 Å². The topological polar surface area (TPSA) is 32.3 Å². The zero-order valence-corrected chi connectivity index (χ0v) is 14.0. The van der Waals surface area contributed by atoms with Gasteiger partial charge in [-0.1, -0.05) is 53.6 Å². The van der Waals surface area contributed by atoms with Crippen molar-refractivity contribution in [1.82, 2.24) is 10.2 Å². The summed E-state index contributed by atoms with van der Waals surface area (Å²) in [5.74, 6) is 0. The fourth-order valence-corrected chi connectivity index (χ4v) is 3.15. The highest BCUT2D eigenvalue weighted by atomic mass is 35.5. The molecule has 0 unspecified atom stereocenters. The van der Waals surface area contributed by atoms with Crippen LogP contribution in [0.2, 0.25) is 5.02 Å². The van der Waals surface area contributed by atoms with Crippen LogP contribution in [0.5, 0.6) is 0 Å². The van der Waals surface area contributed by atoms with Crippen LogP contribution in [0, 0.1) is 6.92 Å². The van der Waals surface area contributed by atoms with E-state index in [4.69, 9.17) is 11.6 Å². The van der Waals surface area contributed by atoms with Crippen molar-refractivity contribution in [3.63, 3.8) is 0 Å². The van der Waals surface area contributed by atoms with Crippen LogP contribution < -0.4 is 5.32 Å². The van der Waals surface area contributed by atoms with Gasteiger partial charge in [-0.2, -0.15) is 0 Å². The predicted molar refractivity (Wildman–Crippen MR) is 93.5 cm³/mol. The minimum absolute atomic E-state index is 0.00280. The van der Waals surface area contributed by atoms with Gasteiger partial charge in [0.05, 0.1) is 6.04 Å². The number of likely N-dealkylation sites (tertiary alicyclic amines) is 1. The number of benzene rings is 2. The van der Waals surface area contributed by atoms with E-state index in [0.717, 1.165) is 35.5 Å². The molecule has 0 bridgehead atoms. The van der Waals surface area contributed by atoms with E-state index in [9.17, 15) is 4.79 Å². The minimum Gasteiger partial charge on any atom is -0.334 e. The molecular formula is C19H21ClN2O. The Bertz CT molecular complexity index is 667. The molecule has 0 aliphatic carbocycles. The second-order valence-corrected chi connectivity index (χ2v) is 6.48. The summed E-state index contributed by atoms with van der Waals surface area (Å²) in [6.45, 7) is 3.42. The van der Waals surface area contributed by atoms with Gasteiger partial charge in [0.25, 0.3) is 0 Å². The van der Waals surface area contributed by atoms with Gasteiger partial charge in [0, 0.05) is 18.1 Å². The Hall–Kier alpha value is -2.00. The van der Waals surface area contributed by atoms with E-state index in [0.29, 0.717) is 6.54 Å². The lowest BCUT2D eigenvalue weighted by Gasteiger charge is -2.25. The Morgan fingerprint density at radius 2 is 1.87 bits per heavy atom. The number of amides is 2. The Morgan fingerprint density at radius 3 is 2.57 bits per heavy atom. The van der Waals surface area contributed by atoms with Gasteiger partial charge in [-0.15, -0.1) is 0 Å². The number of halogens is 1. The van der Waals surface area contributed by atoms with Crippen molar-refractivity contribution in [2.24, 2.45) is 0 Å². The molecule has 2 amide bonds. The molecule has 23 heavy (non-hydrogen) atoms. The maximum absolute atomic E-state index is 12.5. The normalized spacial score (nSPS) is 17.3. The lowest BCUT2D eigenvalue weighted by atomic mass is 10.1. The summed E-state index contributed by atoms with van der Waals surface area (Å²) in [7, 11) is 0. The molecule has 0 radical (unpaired) electrons. The van der Waals surface area contributed by atoms with Gasteiger partial charge in [0.15, 0.2) is 0 Å². The number of hydrogen-bond acceptors (Lipinski definition) is 1. The minimum atomic E-state index is 0.00280. The number of hydrogen-bond donors (Lipinski definition) is 1. The third kappa shape index (κ3) is 3.85. The van der Waals surface area contributed by atoms with Gasteiger partial charge in [0.1, 0.15) is 0 Å². The molecule has 1 aliphatic rings. The van der Waals surface area contributed by atoms with Crippen LogP contribution in [0.25, 0.3) is 0 Å². The lowest BCUT2D eigenvalue weighted by Crippen LogP contribution is -2.39. The Morgan fingerprint density at radius 1 is 1.17 bits per heavy atom. The molecular weight excluding hydrogens is 308 g/mol. The van der Waals surface area contributed by atoms with E-state index in [2.05, 4.69) is 36.5 Å². The van der Waals surface area contributed by atoms with Crippen molar-refractivity contribution in [3.8, 4) is 0 Å². The summed E-state index contributed by atoms with van der Waals surface area (Å²) < 4.78 is 0. The highest BCUT2D eigenvalue weighted by Gasteiger charge is 2.29. The van der Waals surface area contributed by atoms with E-state index in [1.54, 1.807) is 0 Å². The third-order valence-corrected chi connectivity index (χ3v) is 4.58. The van der Waals surface area contributed by atoms with Crippen molar-refractivity contribution < 1.29 is 4.79 Å². The molecule has 2 aromatic rings. The molecule has 0 aromatic heterocycles. The number of carbonyl (C=O) groups excluding carboxylic acids is 1. The molecule has 120 valence electrons. The highest BCUT2D eigenvalue weighted by molar-refractivity contribution is 6.30. The smallest absolute Gasteiger partial charge is 0.318 e. The predicted octanol–water partition coefficient (Wildman–Crippen LogP) is 4.70. The third-order valence-electron chi connectivity index (χ3n) is 4.33. The van der Waals surface area contributed by atoms with E-state index < -0.39 is 0 Å². The second kappa shape index (κ2) is 7.05. The Labute approximate surface area is 142 Å². The van der Waals surface area contributed by atoms with Gasteiger partial charge in [0.2, 0.25) is 0 Å². The zero-order valence-electron chi connectivity index (χ0n) is 13.3. The van der Waals surface area contributed by atoms with E-state index >= 15 is 0 Å². The molecule has 1 atom stereocenters. The van der Waals surface area contributed by atoms with Crippen LogP contribution in [0.15, 0.2) is 48.5 Å². The number of nitrogens with zero attached hydrogens (tertiary/aromatic N) is 1. The lowest BCUT2D eigenvalue weighted by molar-refractivity contribution is 0.192. The molecule has 0 saturated carbocycles. The first-order valence-corrected chi connectivity index (χ1v) is 8.37. The Balaban J connectivity index is 1.63. The van der Waals surface area contributed by atoms with Gasteiger partial charge < -0.3 is 10.2 Å². The van der Waals surface area contributed by atoms with Crippen LogP contribution in [-0.2, 0) is 6.54 Å². The van der Waals surface area contributed by atoms with Crippen molar-refractivity contribution >= 4 is 17.6 Å². The molecule has 3 nitrogen and oxygen atoms in total. The summed E-state index contributed by atoms with van der Waals surface area (Å²) in [4.78, 5) is 14.5. The summed E-state index contributed by atoms with van der Waals surface area (Å²) in [5, 5.41) is 3.76. The largest absolute Gasteiger partial charge is 0.334 e. The molecule has 1 heterocycles. The summed E-state index contributed by atoms with van der Waals surface area (Å²) in [5.41, 5.74) is 3.49. The fraction of sp³-hybridized carbons (Fsp3) is 0.316. The van der Waals surface area contributed by atoms with E-state index in [-0.39, 0.29) is 12.1 Å². The summed E-state index contributed by atoms with van der Waals surface area (Å²) in [6.07, 6.45) is 2.03. The molecule has 1 N–H and O–H groups in total. The molecule has 1 fully saturated rings. The quantitative estimate of drug-likeness (QED) is 0.870. The van der Waals surface area contributed by atoms with Crippen LogP contribution in [0.4, 0.5) is 4.79 Å². The number of aryl methyl sites for hydroxylation is 1. The monoisotopic (exact) mass is 328 g/mol. The van der Waals surface area contributed by atoms with Crippen molar-refractivity contribution in [3.05, 3.63) is 70.2 Å². The number of rotatable bonds is 3.